The van der Waals surface area contributed by atoms with Gasteiger partial charge in [0, 0.05) is 18.3 Å². The van der Waals surface area contributed by atoms with E-state index >= 15 is 0 Å². The Morgan fingerprint density at radius 1 is 0.929 bits per heavy atom. The molecule has 0 aromatic carbocycles. The highest BCUT2D eigenvalue weighted by Gasteiger charge is 2.22. The molecule has 0 aromatic heterocycles. The highest BCUT2D eigenvalue weighted by atomic mass is 16.5. The van der Waals surface area contributed by atoms with Crippen LogP contribution in [0.3, 0.4) is 0 Å². The molecule has 0 fully saturated rings. The molecular weight excluding hydrogens is 352 g/mol. The summed E-state index contributed by atoms with van der Waals surface area (Å²) in [5.74, 6) is 0.397. The Morgan fingerprint density at radius 2 is 1.57 bits per heavy atom. The maximum atomic E-state index is 12.8. The molecule has 1 unspecified atom stereocenters. The van der Waals surface area contributed by atoms with Crippen LogP contribution in [0.2, 0.25) is 0 Å². The predicted octanol–water partition coefficient (Wildman–Crippen LogP) is 5.87. The van der Waals surface area contributed by atoms with Crippen LogP contribution in [0.15, 0.2) is 35.1 Å². The molecule has 0 saturated heterocycles. The Hall–Kier alpha value is -1.68. The van der Waals surface area contributed by atoms with Crippen molar-refractivity contribution < 1.29 is 19.1 Å². The van der Waals surface area contributed by atoms with E-state index in [2.05, 4.69) is 13.8 Å². The molecular formula is C24H38O4. The van der Waals surface area contributed by atoms with Gasteiger partial charge in [0.2, 0.25) is 0 Å². The molecule has 0 bridgehead atoms. The van der Waals surface area contributed by atoms with E-state index < -0.39 is 0 Å². The van der Waals surface area contributed by atoms with Gasteiger partial charge < -0.3 is 9.47 Å². The SMILES string of the molecule is CCCCCCCCCCC1=CC(=O)C=C(C=C(OC)C(CCC)OC)C1=O. The van der Waals surface area contributed by atoms with Gasteiger partial charge in [0.15, 0.2) is 11.6 Å². The summed E-state index contributed by atoms with van der Waals surface area (Å²) in [6.07, 6.45) is 16.5. The molecule has 0 aromatic rings. The quantitative estimate of drug-likeness (QED) is 0.199. The smallest absolute Gasteiger partial charge is 0.189 e. The Morgan fingerprint density at radius 3 is 2.14 bits per heavy atom. The minimum absolute atomic E-state index is 0.0663. The first kappa shape index (κ1) is 24.4. The van der Waals surface area contributed by atoms with Crippen molar-refractivity contribution in [3.8, 4) is 0 Å². The fourth-order valence-electron chi connectivity index (χ4n) is 3.50. The molecule has 4 heteroatoms. The topological polar surface area (TPSA) is 52.6 Å². The molecule has 1 rings (SSSR count). The Bertz CT molecular complexity index is 583. The average Bonchev–Trinajstić information content (AvgIpc) is 2.69. The molecule has 28 heavy (non-hydrogen) atoms. The van der Waals surface area contributed by atoms with Crippen molar-refractivity contribution >= 4 is 11.6 Å². The number of hydrogen-bond acceptors (Lipinski definition) is 4. The summed E-state index contributed by atoms with van der Waals surface area (Å²) in [6, 6.07) is 0. The highest BCUT2D eigenvalue weighted by molar-refractivity contribution is 6.21. The third kappa shape index (κ3) is 8.55. The van der Waals surface area contributed by atoms with E-state index in [1.54, 1.807) is 20.3 Å². The van der Waals surface area contributed by atoms with Crippen LogP contribution in [0, 0.1) is 0 Å². The molecule has 158 valence electrons. The number of unbranched alkanes of at least 4 members (excludes halogenated alkanes) is 7. The Balaban J connectivity index is 2.60. The summed E-state index contributed by atoms with van der Waals surface area (Å²) in [6.45, 7) is 4.29. The van der Waals surface area contributed by atoms with Crippen LogP contribution in [-0.2, 0) is 19.1 Å². The summed E-state index contributed by atoms with van der Waals surface area (Å²) < 4.78 is 10.9. The number of carbonyl (C=O) groups excluding carboxylic acids is 2. The number of rotatable bonds is 15. The van der Waals surface area contributed by atoms with Gasteiger partial charge in [0.05, 0.1) is 7.11 Å². The van der Waals surface area contributed by atoms with E-state index in [4.69, 9.17) is 9.47 Å². The van der Waals surface area contributed by atoms with Crippen LogP contribution in [0.25, 0.3) is 0 Å². The number of ketones is 2. The number of allylic oxidation sites excluding steroid dienone is 5. The van der Waals surface area contributed by atoms with Gasteiger partial charge in [-0.05, 0) is 37.5 Å². The van der Waals surface area contributed by atoms with Gasteiger partial charge in [-0.25, -0.2) is 0 Å². The van der Waals surface area contributed by atoms with E-state index in [0.29, 0.717) is 23.3 Å². The Kier molecular flexibility index (Phi) is 12.5. The minimum atomic E-state index is -0.208. The number of methoxy groups -OCH3 is 2. The summed E-state index contributed by atoms with van der Waals surface area (Å²) in [4.78, 5) is 24.9. The van der Waals surface area contributed by atoms with Gasteiger partial charge in [-0.3, -0.25) is 9.59 Å². The fraction of sp³-hybridized carbons (Fsp3) is 0.667. The number of hydrogen-bond donors (Lipinski definition) is 0. The maximum absolute atomic E-state index is 12.8. The molecule has 0 aliphatic heterocycles. The zero-order valence-electron chi connectivity index (χ0n) is 18.2. The lowest BCUT2D eigenvalue weighted by Crippen LogP contribution is -2.18. The molecule has 0 heterocycles. The molecule has 4 nitrogen and oxygen atoms in total. The zero-order valence-corrected chi connectivity index (χ0v) is 18.2. The van der Waals surface area contributed by atoms with E-state index in [9.17, 15) is 9.59 Å². The highest BCUT2D eigenvalue weighted by Crippen LogP contribution is 2.23. The van der Waals surface area contributed by atoms with Crippen molar-refractivity contribution in [2.75, 3.05) is 14.2 Å². The monoisotopic (exact) mass is 390 g/mol. The molecule has 0 amide bonds. The van der Waals surface area contributed by atoms with E-state index in [-0.39, 0.29) is 17.7 Å². The fourth-order valence-corrected chi connectivity index (χ4v) is 3.50. The van der Waals surface area contributed by atoms with Crippen LogP contribution in [0.1, 0.15) is 84.5 Å². The lowest BCUT2D eigenvalue weighted by Gasteiger charge is -2.19. The number of ether oxygens (including phenoxy) is 2. The predicted molar refractivity (Wildman–Crippen MR) is 114 cm³/mol. The molecule has 1 aliphatic rings. The zero-order chi connectivity index (χ0) is 20.8. The first-order valence-electron chi connectivity index (χ1n) is 10.9. The van der Waals surface area contributed by atoms with Gasteiger partial charge in [-0.15, -0.1) is 0 Å². The third-order valence-electron chi connectivity index (χ3n) is 5.15. The van der Waals surface area contributed by atoms with Gasteiger partial charge in [0.25, 0.3) is 0 Å². The van der Waals surface area contributed by atoms with Crippen LogP contribution >= 0.6 is 0 Å². The van der Waals surface area contributed by atoms with Crippen LogP contribution in [-0.4, -0.2) is 31.9 Å². The molecule has 0 radical (unpaired) electrons. The Labute approximate surface area is 171 Å². The lowest BCUT2D eigenvalue weighted by atomic mass is 9.91. The van der Waals surface area contributed by atoms with Gasteiger partial charge in [0.1, 0.15) is 11.9 Å². The van der Waals surface area contributed by atoms with Crippen LogP contribution < -0.4 is 0 Å². The van der Waals surface area contributed by atoms with Crippen molar-refractivity contribution in [2.45, 2.75) is 90.6 Å². The van der Waals surface area contributed by atoms with Crippen LogP contribution in [0.5, 0.6) is 0 Å². The summed E-state index contributed by atoms with van der Waals surface area (Å²) in [7, 11) is 3.20. The lowest BCUT2D eigenvalue weighted by molar-refractivity contribution is -0.115. The van der Waals surface area contributed by atoms with E-state index in [0.717, 1.165) is 25.7 Å². The summed E-state index contributed by atoms with van der Waals surface area (Å²) >= 11 is 0. The van der Waals surface area contributed by atoms with E-state index in [1.807, 2.05) is 0 Å². The number of carbonyl (C=O) groups is 2. The second kappa shape index (κ2) is 14.3. The van der Waals surface area contributed by atoms with Crippen molar-refractivity contribution in [1.82, 2.24) is 0 Å². The second-order valence-electron chi connectivity index (χ2n) is 7.49. The minimum Gasteiger partial charge on any atom is -0.498 e. The van der Waals surface area contributed by atoms with Gasteiger partial charge in [-0.1, -0.05) is 65.2 Å². The van der Waals surface area contributed by atoms with Crippen molar-refractivity contribution in [1.29, 1.82) is 0 Å². The number of Topliss-reactive ketones (excluding diaryl/α,β-unsaturated/α-hetero) is 1. The summed E-state index contributed by atoms with van der Waals surface area (Å²) in [5, 5.41) is 0. The van der Waals surface area contributed by atoms with Crippen molar-refractivity contribution in [2.24, 2.45) is 0 Å². The molecule has 1 aliphatic carbocycles. The molecule has 0 N–H and O–H groups in total. The summed E-state index contributed by atoms with van der Waals surface area (Å²) in [5.41, 5.74) is 1.02. The molecule has 1 atom stereocenters. The second-order valence-corrected chi connectivity index (χ2v) is 7.49. The molecule has 0 spiro atoms. The van der Waals surface area contributed by atoms with Crippen molar-refractivity contribution in [3.05, 3.63) is 35.1 Å². The standard InChI is InChI=1S/C24H38O4/c1-5-7-8-9-10-11-12-13-15-19-16-21(25)17-20(24(19)26)18-23(28-4)22(27-3)14-6-2/h16-18,22H,5-15H2,1-4H3. The van der Waals surface area contributed by atoms with Gasteiger partial charge >= 0.3 is 0 Å². The first-order valence-corrected chi connectivity index (χ1v) is 10.9. The van der Waals surface area contributed by atoms with Crippen LogP contribution in [0.4, 0.5) is 0 Å². The van der Waals surface area contributed by atoms with Gasteiger partial charge in [-0.2, -0.15) is 0 Å². The normalized spacial score (nSPS) is 16.1. The van der Waals surface area contributed by atoms with E-state index in [1.165, 1.54) is 50.7 Å². The largest absolute Gasteiger partial charge is 0.498 e. The molecule has 0 saturated carbocycles. The third-order valence-corrected chi connectivity index (χ3v) is 5.15. The first-order chi connectivity index (χ1) is 13.6. The average molecular weight is 391 g/mol. The van der Waals surface area contributed by atoms with Crippen molar-refractivity contribution in [3.63, 3.8) is 0 Å². The maximum Gasteiger partial charge on any atom is 0.189 e.